The molecule has 3 aliphatic rings. The standard InChI is InChI=1S/C20H32N6.HI/c1-21-19(26-9-8-20(16-26)6-3-7-20)23-15-17-4-5-18(22-14-17)25-12-10-24(2)11-13-25;/h4-5,14H,3,6-13,15-16H2,1-2H3,(H,21,23);1H. The number of hydrogen-bond donors (Lipinski definition) is 1. The highest BCUT2D eigenvalue weighted by Crippen LogP contribution is 2.47. The van der Waals surface area contributed by atoms with Gasteiger partial charge in [-0.25, -0.2) is 4.98 Å². The number of nitrogens with one attached hydrogen (secondary N) is 1. The molecule has 2 saturated heterocycles. The number of hydrogen-bond acceptors (Lipinski definition) is 4. The zero-order valence-corrected chi connectivity index (χ0v) is 19.0. The summed E-state index contributed by atoms with van der Waals surface area (Å²) in [4.78, 5) is 16.4. The van der Waals surface area contributed by atoms with Crippen molar-refractivity contribution in [1.29, 1.82) is 0 Å². The molecule has 1 spiro atoms. The van der Waals surface area contributed by atoms with Crippen LogP contribution in [0.4, 0.5) is 5.82 Å². The topological polar surface area (TPSA) is 47.0 Å². The van der Waals surface area contributed by atoms with Gasteiger partial charge in [-0.3, -0.25) is 4.99 Å². The summed E-state index contributed by atoms with van der Waals surface area (Å²) >= 11 is 0. The second-order valence-corrected chi connectivity index (χ2v) is 8.24. The van der Waals surface area contributed by atoms with E-state index in [1.165, 1.54) is 37.8 Å². The molecule has 0 radical (unpaired) electrons. The number of pyridine rings is 1. The van der Waals surface area contributed by atoms with Gasteiger partial charge in [0.1, 0.15) is 5.82 Å². The van der Waals surface area contributed by atoms with E-state index in [0.29, 0.717) is 5.41 Å². The van der Waals surface area contributed by atoms with Gasteiger partial charge in [0.05, 0.1) is 0 Å². The Labute approximate surface area is 180 Å². The number of anilines is 1. The minimum atomic E-state index is 0. The number of likely N-dealkylation sites (tertiary alicyclic amines) is 1. The molecule has 0 amide bonds. The molecule has 1 aromatic heterocycles. The number of nitrogens with zero attached hydrogens (tertiary/aromatic N) is 5. The van der Waals surface area contributed by atoms with E-state index in [1.54, 1.807) is 0 Å². The Morgan fingerprint density at radius 1 is 1.15 bits per heavy atom. The number of halogens is 1. The number of piperazine rings is 1. The highest BCUT2D eigenvalue weighted by molar-refractivity contribution is 14.0. The minimum absolute atomic E-state index is 0. The van der Waals surface area contributed by atoms with Crippen LogP contribution < -0.4 is 10.2 Å². The van der Waals surface area contributed by atoms with Crippen LogP contribution in [-0.4, -0.2) is 74.1 Å². The zero-order chi connectivity index (χ0) is 18.0. The first-order valence-corrected chi connectivity index (χ1v) is 10.0. The van der Waals surface area contributed by atoms with Crippen molar-refractivity contribution in [3.8, 4) is 0 Å². The van der Waals surface area contributed by atoms with Gasteiger partial charge in [0.25, 0.3) is 0 Å². The van der Waals surface area contributed by atoms with Crippen LogP contribution in [0.25, 0.3) is 0 Å². The van der Waals surface area contributed by atoms with Crippen molar-refractivity contribution in [3.05, 3.63) is 23.9 Å². The third-order valence-electron chi connectivity index (χ3n) is 6.45. The molecule has 6 nitrogen and oxygen atoms in total. The number of likely N-dealkylation sites (N-methyl/N-ethyl adjacent to an activating group) is 1. The smallest absolute Gasteiger partial charge is 0.193 e. The SMILES string of the molecule is CN=C(NCc1ccc(N2CCN(C)CC2)nc1)N1CCC2(CCC2)C1.I. The molecule has 7 heteroatoms. The molecule has 0 aromatic carbocycles. The maximum Gasteiger partial charge on any atom is 0.193 e. The monoisotopic (exact) mass is 484 g/mol. The van der Waals surface area contributed by atoms with Crippen LogP contribution >= 0.6 is 24.0 Å². The van der Waals surface area contributed by atoms with Crippen molar-refractivity contribution in [2.75, 3.05) is 58.3 Å². The van der Waals surface area contributed by atoms with Gasteiger partial charge in [-0.15, -0.1) is 24.0 Å². The first-order valence-electron chi connectivity index (χ1n) is 10.0. The van der Waals surface area contributed by atoms with E-state index in [1.807, 2.05) is 13.2 Å². The molecule has 27 heavy (non-hydrogen) atoms. The van der Waals surface area contributed by atoms with Crippen molar-refractivity contribution >= 4 is 35.8 Å². The maximum atomic E-state index is 4.69. The Balaban J connectivity index is 0.00000210. The van der Waals surface area contributed by atoms with Crippen LogP contribution in [0.15, 0.2) is 23.3 Å². The van der Waals surface area contributed by atoms with Gasteiger partial charge in [0.2, 0.25) is 0 Å². The summed E-state index contributed by atoms with van der Waals surface area (Å²) in [6.45, 7) is 7.44. The van der Waals surface area contributed by atoms with E-state index in [0.717, 1.165) is 51.0 Å². The zero-order valence-electron chi connectivity index (χ0n) is 16.7. The van der Waals surface area contributed by atoms with Gasteiger partial charge in [-0.05, 0) is 43.4 Å². The Hall–Kier alpha value is -1.09. The van der Waals surface area contributed by atoms with Crippen molar-refractivity contribution in [1.82, 2.24) is 20.1 Å². The van der Waals surface area contributed by atoms with E-state index < -0.39 is 0 Å². The van der Waals surface area contributed by atoms with E-state index in [2.05, 4.69) is 49.2 Å². The fourth-order valence-corrected chi connectivity index (χ4v) is 4.46. The first-order chi connectivity index (χ1) is 12.7. The molecule has 0 bridgehead atoms. The predicted octanol–water partition coefficient (Wildman–Crippen LogP) is 2.40. The van der Waals surface area contributed by atoms with Gasteiger partial charge >= 0.3 is 0 Å². The molecule has 0 atom stereocenters. The van der Waals surface area contributed by atoms with Gasteiger partial charge in [-0.2, -0.15) is 0 Å². The van der Waals surface area contributed by atoms with Gasteiger partial charge < -0.3 is 20.0 Å². The minimum Gasteiger partial charge on any atom is -0.354 e. The van der Waals surface area contributed by atoms with Gasteiger partial charge in [0.15, 0.2) is 5.96 Å². The number of aromatic nitrogens is 1. The molecule has 3 heterocycles. The number of rotatable bonds is 3. The highest BCUT2D eigenvalue weighted by atomic mass is 127. The molecule has 1 aliphatic carbocycles. The largest absolute Gasteiger partial charge is 0.354 e. The fraction of sp³-hybridized carbons (Fsp3) is 0.700. The lowest BCUT2D eigenvalue weighted by molar-refractivity contribution is 0.151. The highest BCUT2D eigenvalue weighted by Gasteiger charge is 2.43. The van der Waals surface area contributed by atoms with Crippen LogP contribution in [0.5, 0.6) is 0 Å². The summed E-state index contributed by atoms with van der Waals surface area (Å²) in [5.41, 5.74) is 1.81. The number of aliphatic imine (C=N–C) groups is 1. The maximum absolute atomic E-state index is 4.69. The first kappa shape index (κ1) is 20.6. The summed E-state index contributed by atoms with van der Waals surface area (Å²) < 4.78 is 0. The second-order valence-electron chi connectivity index (χ2n) is 8.24. The summed E-state index contributed by atoms with van der Waals surface area (Å²) in [5, 5.41) is 3.53. The summed E-state index contributed by atoms with van der Waals surface area (Å²) in [5.74, 6) is 2.13. The Kier molecular flexibility index (Phi) is 6.83. The quantitative estimate of drug-likeness (QED) is 0.406. The fourth-order valence-electron chi connectivity index (χ4n) is 4.46. The summed E-state index contributed by atoms with van der Waals surface area (Å²) in [7, 11) is 4.07. The summed E-state index contributed by atoms with van der Waals surface area (Å²) in [6, 6.07) is 4.35. The predicted molar refractivity (Wildman–Crippen MR) is 122 cm³/mol. The third-order valence-corrected chi connectivity index (χ3v) is 6.45. The lowest BCUT2D eigenvalue weighted by Crippen LogP contribution is -2.44. The molecule has 3 fully saturated rings. The van der Waals surface area contributed by atoms with Crippen LogP contribution in [0.1, 0.15) is 31.2 Å². The Bertz CT molecular complexity index is 634. The average Bonchev–Trinajstić information content (AvgIpc) is 3.10. The molecular formula is C20H33IN6. The van der Waals surface area contributed by atoms with Gasteiger partial charge in [0, 0.05) is 59.1 Å². The molecule has 2 aliphatic heterocycles. The molecule has 0 unspecified atom stereocenters. The summed E-state index contributed by atoms with van der Waals surface area (Å²) in [6.07, 6.45) is 7.54. The van der Waals surface area contributed by atoms with Crippen LogP contribution in [-0.2, 0) is 6.54 Å². The second kappa shape index (κ2) is 8.94. The van der Waals surface area contributed by atoms with E-state index >= 15 is 0 Å². The normalized spacial score (nSPS) is 22.5. The molecule has 1 aromatic rings. The van der Waals surface area contributed by atoms with Crippen molar-refractivity contribution in [2.24, 2.45) is 10.4 Å². The van der Waals surface area contributed by atoms with Gasteiger partial charge in [-0.1, -0.05) is 12.5 Å². The van der Waals surface area contributed by atoms with E-state index in [9.17, 15) is 0 Å². The van der Waals surface area contributed by atoms with Crippen LogP contribution in [0, 0.1) is 5.41 Å². The third kappa shape index (κ3) is 4.67. The molecule has 150 valence electrons. The molecule has 1 saturated carbocycles. The van der Waals surface area contributed by atoms with Crippen LogP contribution in [0.2, 0.25) is 0 Å². The van der Waals surface area contributed by atoms with Crippen LogP contribution in [0.3, 0.4) is 0 Å². The van der Waals surface area contributed by atoms with Crippen molar-refractivity contribution in [3.63, 3.8) is 0 Å². The van der Waals surface area contributed by atoms with E-state index in [4.69, 9.17) is 0 Å². The lowest BCUT2D eigenvalue weighted by atomic mass is 9.68. The average molecular weight is 484 g/mol. The number of guanidine groups is 1. The molecular weight excluding hydrogens is 451 g/mol. The van der Waals surface area contributed by atoms with E-state index in [-0.39, 0.29) is 24.0 Å². The molecule has 1 N–H and O–H groups in total. The lowest BCUT2D eigenvalue weighted by Gasteiger charge is -2.38. The van der Waals surface area contributed by atoms with Crippen molar-refractivity contribution in [2.45, 2.75) is 32.2 Å². The Morgan fingerprint density at radius 2 is 1.93 bits per heavy atom. The van der Waals surface area contributed by atoms with Crippen molar-refractivity contribution < 1.29 is 0 Å². The molecule has 4 rings (SSSR count). The Morgan fingerprint density at radius 3 is 2.48 bits per heavy atom.